The fraction of sp³-hybridized carbons (Fsp3) is 0.292. The Morgan fingerprint density at radius 1 is 1.19 bits per heavy atom. The van der Waals surface area contributed by atoms with Crippen LogP contribution in [-0.2, 0) is 5.41 Å². The lowest BCUT2D eigenvalue weighted by Crippen LogP contribution is -2.29. The van der Waals surface area contributed by atoms with Gasteiger partial charge in [-0.25, -0.2) is 0 Å². The second-order valence-corrected chi connectivity index (χ2v) is 7.67. The van der Waals surface area contributed by atoms with Gasteiger partial charge in [0.25, 0.3) is 0 Å². The lowest BCUT2D eigenvalue weighted by atomic mass is 9.72. The van der Waals surface area contributed by atoms with Crippen LogP contribution in [0.25, 0.3) is 11.0 Å². The fourth-order valence-corrected chi connectivity index (χ4v) is 3.79. The van der Waals surface area contributed by atoms with Crippen molar-refractivity contribution in [1.82, 2.24) is 0 Å². The van der Waals surface area contributed by atoms with Crippen LogP contribution in [-0.4, -0.2) is 12.4 Å². The van der Waals surface area contributed by atoms with Crippen molar-refractivity contribution < 1.29 is 13.9 Å². The van der Waals surface area contributed by atoms with E-state index in [1.165, 1.54) is 5.57 Å². The molecule has 3 heteroatoms. The van der Waals surface area contributed by atoms with Crippen LogP contribution in [0.3, 0.4) is 0 Å². The second kappa shape index (κ2) is 6.41. The zero-order chi connectivity index (χ0) is 19.2. The molecule has 0 bridgehead atoms. The molecule has 4 rings (SSSR count). The quantitative estimate of drug-likeness (QED) is 0.521. The maximum atomic E-state index is 13.2. The van der Waals surface area contributed by atoms with E-state index in [9.17, 15) is 4.79 Å². The van der Waals surface area contributed by atoms with Crippen molar-refractivity contribution in [3.05, 3.63) is 77.1 Å². The largest absolute Gasteiger partial charge is 0.493 e. The second-order valence-electron chi connectivity index (χ2n) is 7.67. The van der Waals surface area contributed by atoms with E-state index in [1.54, 1.807) is 0 Å². The maximum absolute atomic E-state index is 13.2. The van der Waals surface area contributed by atoms with E-state index in [0.29, 0.717) is 12.2 Å². The van der Waals surface area contributed by atoms with Crippen LogP contribution in [0, 0.1) is 0 Å². The van der Waals surface area contributed by atoms with Crippen LogP contribution < -0.4 is 4.74 Å². The molecule has 1 heterocycles. The highest BCUT2D eigenvalue weighted by atomic mass is 16.5. The zero-order valence-corrected chi connectivity index (χ0v) is 16.1. The van der Waals surface area contributed by atoms with Crippen molar-refractivity contribution in [3.63, 3.8) is 0 Å². The minimum atomic E-state index is -0.413. The fourth-order valence-electron chi connectivity index (χ4n) is 3.79. The highest BCUT2D eigenvalue weighted by molar-refractivity contribution is 6.19. The summed E-state index contributed by atoms with van der Waals surface area (Å²) in [7, 11) is 0. The van der Waals surface area contributed by atoms with Crippen molar-refractivity contribution in [2.75, 3.05) is 6.61 Å². The molecule has 3 nitrogen and oxygen atoms in total. The van der Waals surface area contributed by atoms with E-state index >= 15 is 0 Å². The van der Waals surface area contributed by atoms with E-state index in [4.69, 9.17) is 9.15 Å². The van der Waals surface area contributed by atoms with E-state index in [2.05, 4.69) is 27.4 Å². The van der Waals surface area contributed by atoms with Crippen molar-refractivity contribution in [1.29, 1.82) is 0 Å². The Hall–Kier alpha value is -2.81. The lowest BCUT2D eigenvalue weighted by Gasteiger charge is -2.30. The van der Waals surface area contributed by atoms with Crippen LogP contribution in [0.5, 0.6) is 5.75 Å². The maximum Gasteiger partial charge on any atom is 0.197 e. The van der Waals surface area contributed by atoms with E-state index in [0.717, 1.165) is 46.4 Å². The molecule has 0 spiro atoms. The first-order valence-corrected chi connectivity index (χ1v) is 9.44. The molecule has 1 aromatic heterocycles. The highest BCUT2D eigenvalue weighted by Gasteiger charge is 2.41. The minimum absolute atomic E-state index is 0.0233. The van der Waals surface area contributed by atoms with E-state index < -0.39 is 5.41 Å². The summed E-state index contributed by atoms with van der Waals surface area (Å²) in [5.74, 6) is 1.53. The van der Waals surface area contributed by atoms with Crippen molar-refractivity contribution in [3.8, 4) is 5.75 Å². The number of hydrogen-bond acceptors (Lipinski definition) is 3. The molecular weight excluding hydrogens is 336 g/mol. The van der Waals surface area contributed by atoms with Crippen LogP contribution in [0.4, 0.5) is 0 Å². The molecule has 0 aliphatic heterocycles. The molecule has 1 aliphatic carbocycles. The summed E-state index contributed by atoms with van der Waals surface area (Å²) < 4.78 is 12.0. The summed E-state index contributed by atoms with van der Waals surface area (Å²) in [5.41, 5.74) is 3.89. The molecule has 0 fully saturated rings. The Kier molecular flexibility index (Phi) is 4.18. The standard InChI is InChI=1S/C24H24O3/c1-5-15(2)12-13-26-16-10-11-17-19(14-16)24(3,4)23-21(22(17)25)18-8-6-7-9-20(18)27-23/h6-11,14H,2,5,12-13H2,1,3-4H3. The van der Waals surface area contributed by atoms with Gasteiger partial charge in [0.2, 0.25) is 0 Å². The van der Waals surface area contributed by atoms with Gasteiger partial charge in [0.1, 0.15) is 17.1 Å². The smallest absolute Gasteiger partial charge is 0.197 e. The van der Waals surface area contributed by atoms with Crippen molar-refractivity contribution in [2.45, 2.75) is 39.0 Å². The Morgan fingerprint density at radius 2 is 1.96 bits per heavy atom. The Morgan fingerprint density at radius 3 is 2.74 bits per heavy atom. The van der Waals surface area contributed by atoms with Gasteiger partial charge in [0, 0.05) is 22.8 Å². The Labute approximate surface area is 159 Å². The summed E-state index contributed by atoms with van der Waals surface area (Å²) >= 11 is 0. The molecule has 0 N–H and O–H groups in total. The van der Waals surface area contributed by atoms with E-state index in [1.807, 2.05) is 42.5 Å². The van der Waals surface area contributed by atoms with Crippen LogP contribution in [0.2, 0.25) is 0 Å². The van der Waals surface area contributed by atoms with Gasteiger partial charge in [0.15, 0.2) is 5.78 Å². The van der Waals surface area contributed by atoms with Crippen molar-refractivity contribution >= 4 is 16.8 Å². The number of furan rings is 1. The first-order chi connectivity index (χ1) is 12.9. The molecular formula is C24H24O3. The molecule has 0 saturated heterocycles. The number of rotatable bonds is 5. The summed E-state index contributed by atoms with van der Waals surface area (Å²) in [6, 6.07) is 13.5. The van der Waals surface area contributed by atoms with Crippen LogP contribution >= 0.6 is 0 Å². The third-order valence-corrected chi connectivity index (χ3v) is 5.52. The third kappa shape index (κ3) is 2.78. The Balaban J connectivity index is 1.74. The molecule has 1 aliphatic rings. The average molecular weight is 360 g/mol. The zero-order valence-electron chi connectivity index (χ0n) is 16.1. The van der Waals surface area contributed by atoms with Gasteiger partial charge >= 0.3 is 0 Å². The van der Waals surface area contributed by atoms with Crippen molar-refractivity contribution in [2.24, 2.45) is 0 Å². The predicted molar refractivity (Wildman–Crippen MR) is 108 cm³/mol. The Bertz CT molecular complexity index is 1050. The molecule has 0 radical (unpaired) electrons. The first-order valence-electron chi connectivity index (χ1n) is 9.44. The van der Waals surface area contributed by atoms with Gasteiger partial charge in [-0.1, -0.05) is 37.3 Å². The number of ketones is 1. The summed E-state index contributed by atoms with van der Waals surface area (Å²) in [6.07, 6.45) is 1.80. The lowest BCUT2D eigenvalue weighted by molar-refractivity contribution is 0.102. The summed E-state index contributed by atoms with van der Waals surface area (Å²) in [5, 5.41) is 0.884. The first kappa shape index (κ1) is 17.6. The molecule has 0 saturated carbocycles. The number of para-hydroxylation sites is 1. The van der Waals surface area contributed by atoms with Gasteiger partial charge in [-0.3, -0.25) is 4.79 Å². The number of hydrogen-bond donors (Lipinski definition) is 0. The number of carbonyl (C=O) groups is 1. The summed E-state index contributed by atoms with van der Waals surface area (Å²) in [6.45, 7) is 10.9. The molecule has 0 atom stereocenters. The molecule has 27 heavy (non-hydrogen) atoms. The van der Waals surface area contributed by atoms with Gasteiger partial charge < -0.3 is 9.15 Å². The van der Waals surface area contributed by atoms with Gasteiger partial charge in [-0.05, 0) is 50.1 Å². The predicted octanol–water partition coefficient (Wildman–Crippen LogP) is 6.04. The van der Waals surface area contributed by atoms with Crippen LogP contribution in [0.1, 0.15) is 60.9 Å². The molecule has 0 unspecified atom stereocenters. The SMILES string of the molecule is C=C(CC)CCOc1ccc2c(c1)C(C)(C)c1oc3ccccc3c1C2=O. The number of fused-ring (bicyclic) bond motifs is 4. The van der Waals surface area contributed by atoms with Gasteiger partial charge in [-0.15, -0.1) is 0 Å². The molecule has 0 amide bonds. The minimum Gasteiger partial charge on any atom is -0.493 e. The van der Waals surface area contributed by atoms with E-state index in [-0.39, 0.29) is 5.78 Å². The molecule has 3 aromatic rings. The molecule has 2 aromatic carbocycles. The van der Waals surface area contributed by atoms with Gasteiger partial charge in [-0.2, -0.15) is 0 Å². The number of benzene rings is 2. The molecule has 138 valence electrons. The topological polar surface area (TPSA) is 39.4 Å². The highest BCUT2D eigenvalue weighted by Crippen LogP contribution is 2.46. The number of carbonyl (C=O) groups excluding carboxylic acids is 1. The normalized spacial score (nSPS) is 14.7. The number of ether oxygens (including phenoxy) is 1. The monoisotopic (exact) mass is 360 g/mol. The van der Waals surface area contributed by atoms with Gasteiger partial charge in [0.05, 0.1) is 12.2 Å². The van der Waals surface area contributed by atoms with Crippen LogP contribution in [0.15, 0.2) is 59.0 Å². The average Bonchev–Trinajstić information content (AvgIpc) is 3.07. The summed E-state index contributed by atoms with van der Waals surface area (Å²) in [4.78, 5) is 13.2. The third-order valence-electron chi connectivity index (χ3n) is 5.52.